The van der Waals surface area contributed by atoms with Gasteiger partial charge in [-0.2, -0.15) is 0 Å². The van der Waals surface area contributed by atoms with Gasteiger partial charge in [-0.05, 0) is 132 Å². The monoisotopic (exact) mass is 516 g/mol. The smallest absolute Gasteiger partial charge is 0.0348 e. The third kappa shape index (κ3) is 6.69. The second-order valence-electron chi connectivity index (χ2n) is 11.6. The van der Waals surface area contributed by atoms with Crippen molar-refractivity contribution in [1.82, 2.24) is 0 Å². The molecule has 0 fully saturated rings. The van der Waals surface area contributed by atoms with Gasteiger partial charge in [-0.3, -0.25) is 0 Å². The van der Waals surface area contributed by atoms with Crippen LogP contribution in [0.5, 0.6) is 0 Å². The summed E-state index contributed by atoms with van der Waals surface area (Å²) >= 11 is 0. The van der Waals surface area contributed by atoms with Crippen LogP contribution in [0.4, 0.5) is 5.69 Å². The zero-order valence-electron chi connectivity index (χ0n) is 24.5. The molecule has 0 saturated heterocycles. The number of rotatable bonds is 8. The van der Waals surface area contributed by atoms with E-state index in [1.165, 1.54) is 44.5 Å². The van der Waals surface area contributed by atoms with Crippen molar-refractivity contribution in [2.24, 2.45) is 11.7 Å². The van der Waals surface area contributed by atoms with Crippen molar-refractivity contribution in [3.05, 3.63) is 114 Å². The summed E-state index contributed by atoms with van der Waals surface area (Å²) in [7, 11) is 0. The lowest BCUT2D eigenvalue weighted by molar-refractivity contribution is 0.484. The van der Waals surface area contributed by atoms with E-state index < -0.39 is 0 Å². The van der Waals surface area contributed by atoms with Crippen molar-refractivity contribution in [2.75, 3.05) is 5.73 Å². The molecule has 3 aromatic rings. The lowest BCUT2D eigenvalue weighted by Crippen LogP contribution is -2.33. The van der Waals surface area contributed by atoms with Gasteiger partial charge in [0.2, 0.25) is 0 Å². The maximum Gasteiger partial charge on any atom is 0.0348 e. The molecule has 0 heterocycles. The van der Waals surface area contributed by atoms with Crippen LogP contribution in [0.1, 0.15) is 77.0 Å². The Balaban J connectivity index is 1.90. The molecular weight excluding hydrogens is 472 g/mol. The normalized spacial score (nSPS) is 18.6. The number of benzene rings is 3. The fourth-order valence-electron chi connectivity index (χ4n) is 5.54. The Kier molecular flexibility index (Phi) is 8.77. The maximum absolute atomic E-state index is 6.37. The summed E-state index contributed by atoms with van der Waals surface area (Å²) in [5.41, 5.74) is 24.1. The Hall–Kier alpha value is -3.62. The van der Waals surface area contributed by atoms with E-state index in [1.807, 2.05) is 12.1 Å². The zero-order chi connectivity index (χ0) is 28.2. The van der Waals surface area contributed by atoms with Crippen molar-refractivity contribution >= 4 is 16.8 Å². The molecule has 39 heavy (non-hydrogen) atoms. The maximum atomic E-state index is 6.37. The predicted octanol–water partition coefficient (Wildman–Crippen LogP) is 9.79. The molecule has 4 rings (SSSR count). The Labute approximate surface area is 235 Å². The van der Waals surface area contributed by atoms with Gasteiger partial charge in [0.15, 0.2) is 0 Å². The minimum atomic E-state index is -0.297. The summed E-state index contributed by atoms with van der Waals surface area (Å²) < 4.78 is 0. The van der Waals surface area contributed by atoms with Gasteiger partial charge in [-0.25, -0.2) is 0 Å². The Bertz CT molecular complexity index is 1430. The van der Waals surface area contributed by atoms with Crippen LogP contribution < -0.4 is 11.5 Å². The van der Waals surface area contributed by atoms with Crippen molar-refractivity contribution in [3.8, 4) is 22.3 Å². The van der Waals surface area contributed by atoms with Crippen molar-refractivity contribution in [1.29, 1.82) is 0 Å². The van der Waals surface area contributed by atoms with Crippen molar-refractivity contribution in [3.63, 3.8) is 0 Å². The van der Waals surface area contributed by atoms with Crippen LogP contribution >= 0.6 is 0 Å². The summed E-state index contributed by atoms with van der Waals surface area (Å²) in [5, 5.41) is 0. The Morgan fingerprint density at radius 3 is 2.15 bits per heavy atom. The molecule has 0 aromatic heterocycles. The first-order chi connectivity index (χ1) is 18.6. The second-order valence-corrected chi connectivity index (χ2v) is 11.6. The highest BCUT2D eigenvalue weighted by atomic mass is 14.7. The van der Waals surface area contributed by atoms with Gasteiger partial charge in [0.25, 0.3) is 0 Å². The van der Waals surface area contributed by atoms with Gasteiger partial charge in [0.1, 0.15) is 0 Å². The van der Waals surface area contributed by atoms with Gasteiger partial charge < -0.3 is 11.5 Å². The van der Waals surface area contributed by atoms with Crippen molar-refractivity contribution in [2.45, 2.75) is 65.8 Å². The summed E-state index contributed by atoms with van der Waals surface area (Å²) in [6.45, 7) is 13.3. The van der Waals surface area contributed by atoms with Crippen LogP contribution in [-0.2, 0) is 0 Å². The van der Waals surface area contributed by atoms with Crippen LogP contribution in [0.2, 0.25) is 0 Å². The third-order valence-electron chi connectivity index (χ3n) is 7.91. The molecular formula is C37H44N2. The molecule has 2 atom stereocenters. The highest BCUT2D eigenvalue weighted by Gasteiger charge is 2.20. The van der Waals surface area contributed by atoms with E-state index in [2.05, 4.69) is 127 Å². The highest BCUT2D eigenvalue weighted by molar-refractivity contribution is 5.85. The standard InChI is InChI=1S/C37H44N2/c1-7-9-10-26(5)36-24-29(13-16-35(36)34(8-2)25(3)4)32-22-30(27-11-14-33(38)15-12-27)21-31(23-32)28-17-19-37(6,39)20-18-28/h7,9-19,21-25,34H,8,20,38-39H2,1-6H3/b9-7-,26-10+. The number of anilines is 1. The van der Waals surface area contributed by atoms with E-state index >= 15 is 0 Å². The van der Waals surface area contributed by atoms with Gasteiger partial charge >= 0.3 is 0 Å². The van der Waals surface area contributed by atoms with E-state index in [0.29, 0.717) is 11.8 Å². The molecule has 1 aliphatic rings. The second kappa shape index (κ2) is 12.1. The SMILES string of the molecule is C/C=C\C=C(/C)c1cc(-c2cc(C3=CCC(C)(N)C=C3)cc(-c3ccc(N)cc3)c2)ccc1C(CC)C(C)C. The minimum Gasteiger partial charge on any atom is -0.399 e. The quantitative estimate of drug-likeness (QED) is 0.231. The lowest BCUT2D eigenvalue weighted by atomic mass is 9.80. The van der Waals surface area contributed by atoms with Crippen LogP contribution in [0.25, 0.3) is 33.4 Å². The predicted molar refractivity (Wildman–Crippen MR) is 172 cm³/mol. The zero-order valence-corrected chi connectivity index (χ0v) is 24.5. The van der Waals surface area contributed by atoms with Gasteiger partial charge in [0, 0.05) is 11.2 Å². The third-order valence-corrected chi connectivity index (χ3v) is 7.91. The Morgan fingerprint density at radius 1 is 0.923 bits per heavy atom. The number of hydrogen-bond acceptors (Lipinski definition) is 2. The molecule has 3 aromatic carbocycles. The fourth-order valence-corrected chi connectivity index (χ4v) is 5.54. The van der Waals surface area contributed by atoms with Crippen LogP contribution in [0, 0.1) is 5.92 Å². The van der Waals surface area contributed by atoms with Crippen molar-refractivity contribution < 1.29 is 0 Å². The highest BCUT2D eigenvalue weighted by Crippen LogP contribution is 2.38. The van der Waals surface area contributed by atoms with E-state index in [9.17, 15) is 0 Å². The number of hydrogen-bond donors (Lipinski definition) is 2. The molecule has 0 amide bonds. The average molecular weight is 517 g/mol. The number of nitrogens with two attached hydrogens (primary N) is 2. The molecule has 2 nitrogen and oxygen atoms in total. The fraction of sp³-hybridized carbons (Fsp3) is 0.297. The molecule has 2 heteroatoms. The molecule has 0 aliphatic heterocycles. The van der Waals surface area contributed by atoms with Gasteiger partial charge in [0.05, 0.1) is 0 Å². The van der Waals surface area contributed by atoms with Crippen LogP contribution in [0.3, 0.4) is 0 Å². The lowest BCUT2D eigenvalue weighted by Gasteiger charge is -2.24. The number of nitrogen functional groups attached to an aromatic ring is 1. The summed E-state index contributed by atoms with van der Waals surface area (Å²) in [5.74, 6) is 1.09. The van der Waals surface area contributed by atoms with E-state index in [-0.39, 0.29) is 5.54 Å². The van der Waals surface area contributed by atoms with Gasteiger partial charge in [-0.1, -0.05) is 81.5 Å². The Morgan fingerprint density at radius 2 is 1.56 bits per heavy atom. The van der Waals surface area contributed by atoms with E-state index in [1.54, 1.807) is 0 Å². The molecule has 0 radical (unpaired) electrons. The topological polar surface area (TPSA) is 52.0 Å². The number of allylic oxidation sites excluding steroid dienone is 6. The first-order valence-corrected chi connectivity index (χ1v) is 14.3. The first kappa shape index (κ1) is 28.4. The first-order valence-electron chi connectivity index (χ1n) is 14.3. The molecule has 2 unspecified atom stereocenters. The minimum absolute atomic E-state index is 0.297. The molecule has 0 spiro atoms. The average Bonchev–Trinajstić information content (AvgIpc) is 2.92. The van der Waals surface area contributed by atoms with Crippen LogP contribution in [0.15, 0.2) is 97.1 Å². The summed E-state index contributed by atoms with van der Waals surface area (Å²) in [4.78, 5) is 0. The largest absolute Gasteiger partial charge is 0.399 e. The molecule has 4 N–H and O–H groups in total. The molecule has 1 aliphatic carbocycles. The molecule has 0 bridgehead atoms. The summed E-state index contributed by atoms with van der Waals surface area (Å²) in [6.07, 6.45) is 15.0. The van der Waals surface area contributed by atoms with Crippen LogP contribution in [-0.4, -0.2) is 5.54 Å². The molecule has 0 saturated carbocycles. The summed E-state index contributed by atoms with van der Waals surface area (Å²) in [6, 6.07) is 22.1. The van der Waals surface area contributed by atoms with Gasteiger partial charge in [-0.15, -0.1) is 0 Å². The van der Waals surface area contributed by atoms with E-state index in [4.69, 9.17) is 11.5 Å². The molecule has 202 valence electrons. The van der Waals surface area contributed by atoms with E-state index in [0.717, 1.165) is 24.1 Å².